The van der Waals surface area contributed by atoms with Crippen molar-refractivity contribution in [3.63, 3.8) is 0 Å². The van der Waals surface area contributed by atoms with Gasteiger partial charge in [-0.25, -0.2) is 0 Å². The molecule has 1 aliphatic carbocycles. The standard InChI is InChI=1S/C14H20O.H2S/c15-14(13-8-2-1-3-9-13)11-10-12-6-4-5-7-12;/h1-3,8-9,12,14-15H,4-7,10-11H2;1H2. The van der Waals surface area contributed by atoms with Crippen LogP contribution >= 0.6 is 13.5 Å². The summed E-state index contributed by atoms with van der Waals surface area (Å²) < 4.78 is 0. The van der Waals surface area contributed by atoms with Gasteiger partial charge in [-0.15, -0.1) is 0 Å². The second kappa shape index (κ2) is 6.97. The highest BCUT2D eigenvalue weighted by Gasteiger charge is 2.16. The Balaban J connectivity index is 0.00000128. The maximum atomic E-state index is 9.98. The fraction of sp³-hybridized carbons (Fsp3) is 0.571. The minimum absolute atomic E-state index is 0. The van der Waals surface area contributed by atoms with E-state index in [2.05, 4.69) is 0 Å². The zero-order chi connectivity index (χ0) is 10.5. The van der Waals surface area contributed by atoms with E-state index in [0.29, 0.717) is 0 Å². The van der Waals surface area contributed by atoms with E-state index in [4.69, 9.17) is 0 Å². The lowest BCUT2D eigenvalue weighted by Gasteiger charge is -2.13. The van der Waals surface area contributed by atoms with E-state index < -0.39 is 0 Å². The Morgan fingerprint density at radius 1 is 1.12 bits per heavy atom. The van der Waals surface area contributed by atoms with Gasteiger partial charge in [0.1, 0.15) is 0 Å². The second-order valence-electron chi connectivity index (χ2n) is 4.65. The van der Waals surface area contributed by atoms with Crippen LogP contribution in [0.25, 0.3) is 0 Å². The van der Waals surface area contributed by atoms with Crippen LogP contribution in [0, 0.1) is 5.92 Å². The van der Waals surface area contributed by atoms with E-state index in [1.165, 1.54) is 32.1 Å². The molecule has 0 spiro atoms. The van der Waals surface area contributed by atoms with E-state index >= 15 is 0 Å². The molecule has 1 N–H and O–H groups in total. The molecule has 2 rings (SSSR count). The van der Waals surface area contributed by atoms with Gasteiger partial charge in [0.15, 0.2) is 0 Å². The molecule has 0 radical (unpaired) electrons. The van der Waals surface area contributed by atoms with Gasteiger partial charge in [0.05, 0.1) is 6.10 Å². The summed E-state index contributed by atoms with van der Waals surface area (Å²) in [5, 5.41) is 9.98. The van der Waals surface area contributed by atoms with Gasteiger partial charge in [-0.1, -0.05) is 56.0 Å². The third-order valence-corrected chi connectivity index (χ3v) is 3.51. The van der Waals surface area contributed by atoms with Crippen molar-refractivity contribution in [2.45, 2.75) is 44.6 Å². The maximum absolute atomic E-state index is 9.98. The average Bonchev–Trinajstić information content (AvgIpc) is 2.80. The largest absolute Gasteiger partial charge is 0.388 e. The molecule has 1 atom stereocenters. The van der Waals surface area contributed by atoms with Gasteiger partial charge >= 0.3 is 0 Å². The predicted molar refractivity (Wildman–Crippen MR) is 73.0 cm³/mol. The molecular formula is C14H22OS. The van der Waals surface area contributed by atoms with Crippen LogP contribution < -0.4 is 0 Å². The van der Waals surface area contributed by atoms with Gasteiger partial charge in [-0.3, -0.25) is 0 Å². The highest BCUT2D eigenvalue weighted by Crippen LogP contribution is 2.31. The number of hydrogen-bond acceptors (Lipinski definition) is 1. The summed E-state index contributed by atoms with van der Waals surface area (Å²) >= 11 is 0. The van der Waals surface area contributed by atoms with Gasteiger partial charge in [0, 0.05) is 0 Å². The lowest BCUT2D eigenvalue weighted by molar-refractivity contribution is 0.157. The molecule has 1 nitrogen and oxygen atoms in total. The van der Waals surface area contributed by atoms with Gasteiger partial charge in [0.2, 0.25) is 0 Å². The zero-order valence-corrected chi connectivity index (χ0v) is 10.7. The summed E-state index contributed by atoms with van der Waals surface area (Å²) in [6, 6.07) is 10.0. The van der Waals surface area contributed by atoms with Crippen molar-refractivity contribution in [3.8, 4) is 0 Å². The highest BCUT2D eigenvalue weighted by atomic mass is 32.1. The van der Waals surface area contributed by atoms with Gasteiger partial charge in [-0.05, 0) is 24.3 Å². The molecule has 0 heterocycles. The Hall–Kier alpha value is -0.470. The van der Waals surface area contributed by atoms with Crippen LogP contribution in [-0.4, -0.2) is 5.11 Å². The van der Waals surface area contributed by atoms with Crippen molar-refractivity contribution in [2.75, 3.05) is 0 Å². The first-order chi connectivity index (χ1) is 7.36. The molecule has 0 aromatic heterocycles. The first kappa shape index (κ1) is 13.6. The topological polar surface area (TPSA) is 20.2 Å². The molecule has 90 valence electrons. The number of aliphatic hydroxyl groups is 1. The van der Waals surface area contributed by atoms with Crippen LogP contribution in [0.3, 0.4) is 0 Å². The second-order valence-corrected chi connectivity index (χ2v) is 4.65. The van der Waals surface area contributed by atoms with Gasteiger partial charge < -0.3 is 5.11 Å². The van der Waals surface area contributed by atoms with Crippen LogP contribution in [0.5, 0.6) is 0 Å². The molecule has 0 bridgehead atoms. The maximum Gasteiger partial charge on any atom is 0.0790 e. The number of rotatable bonds is 4. The minimum atomic E-state index is -0.258. The molecule has 1 aromatic rings. The number of hydrogen-bond donors (Lipinski definition) is 1. The van der Waals surface area contributed by atoms with Crippen molar-refractivity contribution >= 4 is 13.5 Å². The van der Waals surface area contributed by atoms with Gasteiger partial charge in [-0.2, -0.15) is 13.5 Å². The predicted octanol–water partition coefficient (Wildman–Crippen LogP) is 3.80. The quantitative estimate of drug-likeness (QED) is 0.846. The van der Waals surface area contributed by atoms with E-state index in [-0.39, 0.29) is 19.6 Å². The lowest BCUT2D eigenvalue weighted by atomic mass is 9.96. The average molecular weight is 238 g/mol. The van der Waals surface area contributed by atoms with Crippen molar-refractivity contribution in [1.82, 2.24) is 0 Å². The summed E-state index contributed by atoms with van der Waals surface area (Å²) in [6.07, 6.45) is 7.40. The minimum Gasteiger partial charge on any atom is -0.388 e. The van der Waals surface area contributed by atoms with Crippen LogP contribution in [0.2, 0.25) is 0 Å². The van der Waals surface area contributed by atoms with Gasteiger partial charge in [0.25, 0.3) is 0 Å². The number of benzene rings is 1. The molecule has 1 saturated carbocycles. The summed E-state index contributed by atoms with van der Waals surface area (Å²) in [4.78, 5) is 0. The fourth-order valence-corrected chi connectivity index (χ4v) is 2.53. The summed E-state index contributed by atoms with van der Waals surface area (Å²) in [7, 11) is 0. The SMILES string of the molecule is OC(CCC1CCCC1)c1ccccc1.S. The Morgan fingerprint density at radius 3 is 2.38 bits per heavy atom. The molecular weight excluding hydrogens is 216 g/mol. The Morgan fingerprint density at radius 2 is 1.75 bits per heavy atom. The van der Waals surface area contributed by atoms with Crippen LogP contribution in [0.15, 0.2) is 30.3 Å². The number of aliphatic hydroxyl groups excluding tert-OH is 1. The molecule has 1 aliphatic rings. The van der Waals surface area contributed by atoms with Crippen molar-refractivity contribution in [3.05, 3.63) is 35.9 Å². The fourth-order valence-electron chi connectivity index (χ4n) is 2.53. The van der Waals surface area contributed by atoms with Crippen LogP contribution in [0.4, 0.5) is 0 Å². The van der Waals surface area contributed by atoms with Crippen molar-refractivity contribution in [2.24, 2.45) is 5.92 Å². The lowest BCUT2D eigenvalue weighted by Crippen LogP contribution is -2.01. The molecule has 1 aromatic carbocycles. The normalized spacial score (nSPS) is 18.1. The first-order valence-electron chi connectivity index (χ1n) is 6.09. The molecule has 1 fully saturated rings. The molecule has 0 aliphatic heterocycles. The Labute approximate surface area is 105 Å². The highest BCUT2D eigenvalue weighted by molar-refractivity contribution is 7.59. The molecule has 0 amide bonds. The van der Waals surface area contributed by atoms with Crippen molar-refractivity contribution in [1.29, 1.82) is 0 Å². The first-order valence-corrected chi connectivity index (χ1v) is 6.09. The summed E-state index contributed by atoms with van der Waals surface area (Å²) in [5.41, 5.74) is 1.07. The van der Waals surface area contributed by atoms with E-state index in [9.17, 15) is 5.11 Å². The molecule has 0 saturated heterocycles. The monoisotopic (exact) mass is 238 g/mol. The molecule has 1 unspecified atom stereocenters. The van der Waals surface area contributed by atoms with E-state index in [1.54, 1.807) is 0 Å². The Kier molecular flexibility index (Phi) is 5.93. The van der Waals surface area contributed by atoms with Crippen LogP contribution in [0.1, 0.15) is 50.2 Å². The third kappa shape index (κ3) is 3.84. The summed E-state index contributed by atoms with van der Waals surface area (Å²) in [6.45, 7) is 0. The smallest absolute Gasteiger partial charge is 0.0790 e. The third-order valence-electron chi connectivity index (χ3n) is 3.51. The molecule has 2 heteroatoms. The zero-order valence-electron chi connectivity index (χ0n) is 9.73. The van der Waals surface area contributed by atoms with Crippen LogP contribution in [-0.2, 0) is 0 Å². The Bertz CT molecular complexity index is 280. The summed E-state index contributed by atoms with van der Waals surface area (Å²) in [5.74, 6) is 0.878. The molecule has 16 heavy (non-hydrogen) atoms. The van der Waals surface area contributed by atoms with E-state index in [0.717, 1.165) is 17.9 Å². The van der Waals surface area contributed by atoms with E-state index in [1.807, 2.05) is 30.3 Å². The van der Waals surface area contributed by atoms with Crippen molar-refractivity contribution < 1.29 is 5.11 Å².